The molecule has 3 nitrogen and oxygen atoms in total. The van der Waals surface area contributed by atoms with E-state index in [-0.39, 0.29) is 17.4 Å². The SMILES string of the molecule is Cc1cccc(C2CC(N)CN(C(=O)C(C)(C)C)C2)c1. The van der Waals surface area contributed by atoms with Crippen molar-refractivity contribution in [2.45, 2.75) is 46.1 Å². The highest BCUT2D eigenvalue weighted by atomic mass is 16.2. The van der Waals surface area contributed by atoms with E-state index in [0.29, 0.717) is 12.5 Å². The molecule has 0 saturated carbocycles. The van der Waals surface area contributed by atoms with Crippen molar-refractivity contribution in [1.29, 1.82) is 0 Å². The average molecular weight is 274 g/mol. The van der Waals surface area contributed by atoms with Crippen molar-refractivity contribution in [2.24, 2.45) is 11.1 Å². The Bertz CT molecular complexity index is 490. The number of carbonyl (C=O) groups is 1. The molecular weight excluding hydrogens is 248 g/mol. The van der Waals surface area contributed by atoms with Crippen molar-refractivity contribution < 1.29 is 4.79 Å². The maximum atomic E-state index is 12.5. The van der Waals surface area contributed by atoms with Gasteiger partial charge in [0.05, 0.1) is 0 Å². The number of rotatable bonds is 1. The summed E-state index contributed by atoms with van der Waals surface area (Å²) in [6.45, 7) is 9.47. The van der Waals surface area contributed by atoms with E-state index < -0.39 is 0 Å². The highest BCUT2D eigenvalue weighted by Gasteiger charge is 2.34. The van der Waals surface area contributed by atoms with Crippen LogP contribution in [0.3, 0.4) is 0 Å². The number of aryl methyl sites for hydroxylation is 1. The van der Waals surface area contributed by atoms with Gasteiger partial charge in [0.15, 0.2) is 0 Å². The van der Waals surface area contributed by atoms with E-state index in [2.05, 4.69) is 31.2 Å². The predicted octanol–water partition coefficient (Wildman–Crippen LogP) is 2.68. The standard InChI is InChI=1S/C17H26N2O/c1-12-6-5-7-13(8-12)14-9-15(18)11-19(10-14)16(20)17(2,3)4/h5-8,14-15H,9-11,18H2,1-4H3. The molecule has 1 aliphatic rings. The molecule has 1 fully saturated rings. The summed E-state index contributed by atoms with van der Waals surface area (Å²) in [5.41, 5.74) is 8.40. The molecule has 20 heavy (non-hydrogen) atoms. The number of carbonyl (C=O) groups excluding carboxylic acids is 1. The maximum Gasteiger partial charge on any atom is 0.228 e. The first-order valence-electron chi connectivity index (χ1n) is 7.39. The quantitative estimate of drug-likeness (QED) is 0.856. The lowest BCUT2D eigenvalue weighted by Crippen LogP contribution is -2.51. The van der Waals surface area contributed by atoms with Gasteiger partial charge in [-0.3, -0.25) is 4.79 Å². The molecule has 1 aliphatic heterocycles. The Labute approximate surface area is 122 Å². The molecule has 3 heteroatoms. The van der Waals surface area contributed by atoms with Gasteiger partial charge in [0, 0.05) is 30.5 Å². The fourth-order valence-corrected chi connectivity index (χ4v) is 2.94. The molecule has 1 saturated heterocycles. The lowest BCUT2D eigenvalue weighted by atomic mass is 9.85. The molecule has 0 radical (unpaired) electrons. The summed E-state index contributed by atoms with van der Waals surface area (Å²) in [5, 5.41) is 0. The number of benzene rings is 1. The summed E-state index contributed by atoms with van der Waals surface area (Å²) in [6.07, 6.45) is 0.956. The molecule has 0 aliphatic carbocycles. The number of hydrogen-bond donors (Lipinski definition) is 1. The first-order chi connectivity index (χ1) is 9.27. The third-order valence-electron chi connectivity index (χ3n) is 3.93. The number of likely N-dealkylation sites (tertiary alicyclic amines) is 1. The van der Waals surface area contributed by atoms with E-state index in [1.807, 2.05) is 25.7 Å². The molecule has 0 spiro atoms. The van der Waals surface area contributed by atoms with Crippen molar-refractivity contribution in [3.8, 4) is 0 Å². The van der Waals surface area contributed by atoms with Gasteiger partial charge in [-0.1, -0.05) is 50.6 Å². The summed E-state index contributed by atoms with van der Waals surface area (Å²) in [5.74, 6) is 0.551. The number of hydrogen-bond acceptors (Lipinski definition) is 2. The number of nitrogens with zero attached hydrogens (tertiary/aromatic N) is 1. The average Bonchev–Trinajstić information content (AvgIpc) is 2.36. The van der Waals surface area contributed by atoms with Crippen LogP contribution in [-0.4, -0.2) is 29.9 Å². The normalized spacial score (nSPS) is 23.8. The smallest absolute Gasteiger partial charge is 0.228 e. The van der Waals surface area contributed by atoms with Crippen molar-refractivity contribution in [3.05, 3.63) is 35.4 Å². The van der Waals surface area contributed by atoms with Crippen LogP contribution < -0.4 is 5.73 Å². The van der Waals surface area contributed by atoms with Crippen LogP contribution in [0.2, 0.25) is 0 Å². The van der Waals surface area contributed by atoms with Crippen LogP contribution in [0.25, 0.3) is 0 Å². The van der Waals surface area contributed by atoms with Crippen molar-refractivity contribution in [1.82, 2.24) is 4.90 Å². The molecule has 1 amide bonds. The lowest BCUT2D eigenvalue weighted by Gasteiger charge is -2.39. The highest BCUT2D eigenvalue weighted by molar-refractivity contribution is 5.81. The van der Waals surface area contributed by atoms with E-state index in [9.17, 15) is 4.79 Å². The zero-order chi connectivity index (χ0) is 14.9. The Balaban J connectivity index is 2.18. The molecule has 2 N–H and O–H groups in total. The minimum absolute atomic E-state index is 0.0700. The number of nitrogens with two attached hydrogens (primary N) is 1. The molecule has 2 rings (SSSR count). The van der Waals surface area contributed by atoms with Gasteiger partial charge in [-0.25, -0.2) is 0 Å². The van der Waals surface area contributed by atoms with Crippen LogP contribution in [0.4, 0.5) is 0 Å². The Hall–Kier alpha value is -1.35. The second-order valence-corrected chi connectivity index (χ2v) is 7.07. The third kappa shape index (κ3) is 3.40. The van der Waals surface area contributed by atoms with Crippen molar-refractivity contribution >= 4 is 5.91 Å². The first kappa shape index (κ1) is 15.0. The van der Waals surface area contributed by atoms with Gasteiger partial charge in [-0.05, 0) is 18.9 Å². The summed E-state index contributed by atoms with van der Waals surface area (Å²) in [6, 6.07) is 8.61. The molecule has 1 heterocycles. The van der Waals surface area contributed by atoms with Crippen LogP contribution in [-0.2, 0) is 4.79 Å². The van der Waals surface area contributed by atoms with Crippen molar-refractivity contribution in [2.75, 3.05) is 13.1 Å². The molecule has 0 bridgehead atoms. The predicted molar refractivity (Wildman–Crippen MR) is 82.5 cm³/mol. The summed E-state index contributed by atoms with van der Waals surface area (Å²) in [7, 11) is 0. The Morgan fingerprint density at radius 1 is 1.30 bits per heavy atom. The second-order valence-electron chi connectivity index (χ2n) is 7.07. The summed E-state index contributed by atoms with van der Waals surface area (Å²) < 4.78 is 0. The molecule has 2 unspecified atom stereocenters. The van der Waals surface area contributed by atoms with E-state index >= 15 is 0 Å². The minimum Gasteiger partial charge on any atom is -0.340 e. The number of amides is 1. The Morgan fingerprint density at radius 3 is 2.60 bits per heavy atom. The van der Waals surface area contributed by atoms with E-state index in [4.69, 9.17) is 5.73 Å². The molecule has 1 aromatic carbocycles. The Morgan fingerprint density at radius 2 is 2.00 bits per heavy atom. The molecule has 0 aromatic heterocycles. The lowest BCUT2D eigenvalue weighted by molar-refractivity contribution is -0.141. The molecule has 2 atom stereocenters. The second kappa shape index (κ2) is 5.57. The third-order valence-corrected chi connectivity index (χ3v) is 3.93. The van der Waals surface area contributed by atoms with Gasteiger partial charge < -0.3 is 10.6 Å². The van der Waals surface area contributed by atoms with Gasteiger partial charge in [-0.15, -0.1) is 0 Å². The fourth-order valence-electron chi connectivity index (χ4n) is 2.94. The van der Waals surface area contributed by atoms with Gasteiger partial charge in [0.1, 0.15) is 0 Å². The van der Waals surface area contributed by atoms with E-state index in [1.165, 1.54) is 11.1 Å². The molecule has 1 aromatic rings. The zero-order valence-electron chi connectivity index (χ0n) is 13.0. The summed E-state index contributed by atoms with van der Waals surface area (Å²) in [4.78, 5) is 14.4. The fraction of sp³-hybridized carbons (Fsp3) is 0.588. The van der Waals surface area contributed by atoms with Gasteiger partial charge in [0.25, 0.3) is 0 Å². The topological polar surface area (TPSA) is 46.3 Å². The van der Waals surface area contributed by atoms with E-state index in [0.717, 1.165) is 13.0 Å². The number of piperidine rings is 1. The van der Waals surface area contributed by atoms with E-state index in [1.54, 1.807) is 0 Å². The molecule has 110 valence electrons. The Kier molecular flexibility index (Phi) is 4.19. The first-order valence-corrected chi connectivity index (χ1v) is 7.39. The van der Waals surface area contributed by atoms with Crippen LogP contribution in [0.15, 0.2) is 24.3 Å². The van der Waals surface area contributed by atoms with Crippen molar-refractivity contribution in [3.63, 3.8) is 0 Å². The highest BCUT2D eigenvalue weighted by Crippen LogP contribution is 2.29. The van der Waals surface area contributed by atoms with Crippen LogP contribution in [0, 0.1) is 12.3 Å². The van der Waals surface area contributed by atoms with Crippen LogP contribution in [0.5, 0.6) is 0 Å². The van der Waals surface area contributed by atoms with Crippen LogP contribution >= 0.6 is 0 Å². The van der Waals surface area contributed by atoms with Gasteiger partial charge in [0.2, 0.25) is 5.91 Å². The largest absolute Gasteiger partial charge is 0.340 e. The van der Waals surface area contributed by atoms with Gasteiger partial charge >= 0.3 is 0 Å². The van der Waals surface area contributed by atoms with Crippen LogP contribution in [0.1, 0.15) is 44.2 Å². The molecular formula is C17H26N2O. The summed E-state index contributed by atoms with van der Waals surface area (Å²) >= 11 is 0. The van der Waals surface area contributed by atoms with Gasteiger partial charge in [-0.2, -0.15) is 0 Å². The maximum absolute atomic E-state index is 12.5. The monoisotopic (exact) mass is 274 g/mol. The zero-order valence-corrected chi connectivity index (χ0v) is 13.0. The minimum atomic E-state index is -0.339.